The van der Waals surface area contributed by atoms with Crippen molar-refractivity contribution in [2.45, 2.75) is 44.6 Å². The molecule has 1 nitrogen and oxygen atoms in total. The first-order valence-electron chi connectivity index (χ1n) is 8.17. The lowest BCUT2D eigenvalue weighted by atomic mass is 9.84. The first-order valence-corrected chi connectivity index (χ1v) is 8.17. The van der Waals surface area contributed by atoms with Gasteiger partial charge in [-0.2, -0.15) is 0 Å². The second-order valence-electron chi connectivity index (χ2n) is 6.07. The van der Waals surface area contributed by atoms with Gasteiger partial charge < -0.3 is 5.32 Å². The maximum atomic E-state index is 3.56. The normalized spacial score (nSPS) is 16.5. The minimum atomic E-state index is 0.392. The van der Waals surface area contributed by atoms with Crippen LogP contribution in [0.1, 0.15) is 54.0 Å². The summed E-state index contributed by atoms with van der Waals surface area (Å²) < 4.78 is 0. The molecule has 2 unspecified atom stereocenters. The molecule has 0 saturated carbocycles. The lowest BCUT2D eigenvalue weighted by Gasteiger charge is -2.27. The third-order valence-corrected chi connectivity index (χ3v) is 4.86. The van der Waals surface area contributed by atoms with E-state index in [9.17, 15) is 0 Å². The molecule has 0 bridgehead atoms. The fourth-order valence-corrected chi connectivity index (χ4v) is 3.75. The summed E-state index contributed by atoms with van der Waals surface area (Å²) in [4.78, 5) is 0. The topological polar surface area (TPSA) is 12.0 Å². The highest BCUT2D eigenvalue weighted by Gasteiger charge is 2.23. The molecule has 1 aliphatic carbocycles. The van der Waals surface area contributed by atoms with Crippen molar-refractivity contribution in [1.82, 2.24) is 5.32 Å². The highest BCUT2D eigenvalue weighted by atomic mass is 14.9. The van der Waals surface area contributed by atoms with Crippen molar-refractivity contribution in [3.05, 3.63) is 70.8 Å². The maximum absolute atomic E-state index is 3.56. The summed E-state index contributed by atoms with van der Waals surface area (Å²) in [5, 5.41) is 3.56. The van der Waals surface area contributed by atoms with E-state index in [1.54, 1.807) is 11.1 Å². The number of hydrogen-bond donors (Lipinski definition) is 1. The lowest BCUT2D eigenvalue weighted by molar-refractivity contribution is 0.468. The average molecular weight is 279 g/mol. The monoisotopic (exact) mass is 279 g/mol. The number of aryl methyl sites for hydroxylation is 2. The lowest BCUT2D eigenvalue weighted by Crippen LogP contribution is -2.23. The van der Waals surface area contributed by atoms with Gasteiger partial charge in [0, 0.05) is 12.0 Å². The second-order valence-corrected chi connectivity index (χ2v) is 6.07. The van der Waals surface area contributed by atoms with Crippen LogP contribution in [-0.4, -0.2) is 7.05 Å². The Morgan fingerprint density at radius 1 is 0.952 bits per heavy atom. The molecule has 0 heterocycles. The zero-order chi connectivity index (χ0) is 14.7. The van der Waals surface area contributed by atoms with Crippen LogP contribution in [-0.2, 0) is 12.8 Å². The highest BCUT2D eigenvalue weighted by Crippen LogP contribution is 2.35. The van der Waals surface area contributed by atoms with Crippen molar-refractivity contribution < 1.29 is 0 Å². The molecule has 1 N–H and O–H groups in total. The second kappa shape index (κ2) is 6.44. The first kappa shape index (κ1) is 14.3. The Balaban J connectivity index is 1.93. The van der Waals surface area contributed by atoms with E-state index in [0.717, 1.165) is 6.42 Å². The molecule has 2 atom stereocenters. The van der Waals surface area contributed by atoms with Crippen LogP contribution in [0.2, 0.25) is 0 Å². The maximum Gasteiger partial charge on any atom is 0.0387 e. The first-order chi connectivity index (χ1) is 10.3. The van der Waals surface area contributed by atoms with Crippen LogP contribution in [0.5, 0.6) is 0 Å². The van der Waals surface area contributed by atoms with Crippen molar-refractivity contribution in [1.29, 1.82) is 0 Å². The summed E-state index contributed by atoms with van der Waals surface area (Å²) in [5.41, 5.74) is 5.99. The van der Waals surface area contributed by atoms with Crippen LogP contribution in [0.15, 0.2) is 48.5 Å². The van der Waals surface area contributed by atoms with E-state index in [-0.39, 0.29) is 0 Å². The van der Waals surface area contributed by atoms with Crippen LogP contribution in [0.25, 0.3) is 0 Å². The SMILES string of the molecule is CCC(c1ccccc1)C(NC)c1ccc2c(c1)CCC2. The molecule has 0 radical (unpaired) electrons. The molecule has 110 valence electrons. The van der Waals surface area contributed by atoms with Gasteiger partial charge in [-0.1, -0.05) is 55.5 Å². The van der Waals surface area contributed by atoms with Crippen LogP contribution in [0, 0.1) is 0 Å². The van der Waals surface area contributed by atoms with Gasteiger partial charge in [0.25, 0.3) is 0 Å². The summed E-state index contributed by atoms with van der Waals surface area (Å²) in [5.74, 6) is 0.524. The van der Waals surface area contributed by atoms with Crippen molar-refractivity contribution in [2.24, 2.45) is 0 Å². The molecule has 2 aromatic rings. The minimum Gasteiger partial charge on any atom is -0.312 e. The van der Waals surface area contributed by atoms with Gasteiger partial charge in [-0.25, -0.2) is 0 Å². The fraction of sp³-hybridized carbons (Fsp3) is 0.400. The average Bonchev–Trinajstić information content (AvgIpc) is 3.00. The van der Waals surface area contributed by atoms with Gasteiger partial charge in [0.1, 0.15) is 0 Å². The molecule has 1 aliphatic rings. The smallest absolute Gasteiger partial charge is 0.0387 e. The van der Waals surface area contributed by atoms with Gasteiger partial charge in [-0.3, -0.25) is 0 Å². The largest absolute Gasteiger partial charge is 0.312 e. The fourth-order valence-electron chi connectivity index (χ4n) is 3.75. The van der Waals surface area contributed by atoms with E-state index in [4.69, 9.17) is 0 Å². The molecule has 0 spiro atoms. The summed E-state index contributed by atoms with van der Waals surface area (Å²) in [6.45, 7) is 2.29. The van der Waals surface area contributed by atoms with Crippen molar-refractivity contribution >= 4 is 0 Å². The predicted molar refractivity (Wildman–Crippen MR) is 89.7 cm³/mol. The Labute approximate surface area is 128 Å². The van der Waals surface area contributed by atoms with Crippen LogP contribution in [0.3, 0.4) is 0 Å². The van der Waals surface area contributed by atoms with Gasteiger partial charge in [0.2, 0.25) is 0 Å². The Bertz CT molecular complexity index is 588. The molecular formula is C20H25N. The van der Waals surface area contributed by atoms with E-state index in [2.05, 4.69) is 67.8 Å². The van der Waals surface area contributed by atoms with Gasteiger partial charge in [0.15, 0.2) is 0 Å². The molecule has 0 saturated heterocycles. The number of likely N-dealkylation sites (N-methyl/N-ethyl adjacent to an activating group) is 1. The Hall–Kier alpha value is -1.60. The van der Waals surface area contributed by atoms with Crippen molar-refractivity contribution in [3.8, 4) is 0 Å². The Morgan fingerprint density at radius 2 is 1.71 bits per heavy atom. The third-order valence-electron chi connectivity index (χ3n) is 4.86. The summed E-state index contributed by atoms with van der Waals surface area (Å²) in [7, 11) is 2.09. The minimum absolute atomic E-state index is 0.392. The van der Waals surface area contributed by atoms with Gasteiger partial charge in [-0.05, 0) is 55.0 Å². The van der Waals surface area contributed by atoms with E-state index in [0.29, 0.717) is 12.0 Å². The summed E-state index contributed by atoms with van der Waals surface area (Å²) >= 11 is 0. The summed E-state index contributed by atoms with van der Waals surface area (Å²) in [6.07, 6.45) is 4.98. The van der Waals surface area contributed by atoms with Crippen molar-refractivity contribution in [3.63, 3.8) is 0 Å². The zero-order valence-electron chi connectivity index (χ0n) is 13.1. The zero-order valence-corrected chi connectivity index (χ0v) is 13.1. The van der Waals surface area contributed by atoms with Gasteiger partial charge in [0.05, 0.1) is 0 Å². The number of nitrogens with one attached hydrogen (secondary N) is 1. The highest BCUT2D eigenvalue weighted by molar-refractivity contribution is 5.38. The standard InChI is InChI=1S/C20H25N/c1-3-19(16-8-5-4-6-9-16)20(21-2)18-13-12-15-10-7-11-17(15)14-18/h4-6,8-9,12-14,19-21H,3,7,10-11H2,1-2H3. The molecule has 0 fully saturated rings. The molecule has 1 heteroatoms. The summed E-state index contributed by atoms with van der Waals surface area (Å²) in [6, 6.07) is 18.4. The molecule has 21 heavy (non-hydrogen) atoms. The predicted octanol–water partition coefficient (Wildman–Crippen LogP) is 4.63. The molecule has 0 amide bonds. The molecule has 3 rings (SSSR count). The van der Waals surface area contributed by atoms with Crippen LogP contribution >= 0.6 is 0 Å². The number of hydrogen-bond acceptors (Lipinski definition) is 1. The van der Waals surface area contributed by atoms with Crippen molar-refractivity contribution in [2.75, 3.05) is 7.05 Å². The number of rotatable bonds is 5. The van der Waals surface area contributed by atoms with Crippen LogP contribution < -0.4 is 5.32 Å². The van der Waals surface area contributed by atoms with E-state index in [1.165, 1.54) is 30.4 Å². The van der Waals surface area contributed by atoms with Crippen LogP contribution in [0.4, 0.5) is 0 Å². The molecule has 0 aliphatic heterocycles. The molecule has 0 aromatic heterocycles. The van der Waals surface area contributed by atoms with E-state index < -0.39 is 0 Å². The van der Waals surface area contributed by atoms with Gasteiger partial charge >= 0.3 is 0 Å². The third kappa shape index (κ3) is 2.89. The molecule has 2 aromatic carbocycles. The Morgan fingerprint density at radius 3 is 2.43 bits per heavy atom. The van der Waals surface area contributed by atoms with E-state index >= 15 is 0 Å². The van der Waals surface area contributed by atoms with Gasteiger partial charge in [-0.15, -0.1) is 0 Å². The number of fused-ring (bicyclic) bond motifs is 1. The van der Waals surface area contributed by atoms with E-state index in [1.807, 2.05) is 0 Å². The molecular weight excluding hydrogens is 254 g/mol. The Kier molecular flexibility index (Phi) is 4.40. The quantitative estimate of drug-likeness (QED) is 0.841. The number of benzene rings is 2.